The zero-order chi connectivity index (χ0) is 8.32. The number of rotatable bonds is 2. The summed E-state index contributed by atoms with van der Waals surface area (Å²) in [6.07, 6.45) is 0. The Bertz CT molecular complexity index is 221. The molecule has 1 N–H and O–H groups in total. The molecule has 59 valence electrons. The van der Waals surface area contributed by atoms with Gasteiger partial charge in [0.2, 0.25) is 0 Å². The summed E-state index contributed by atoms with van der Waals surface area (Å²) >= 11 is 10.9. The van der Waals surface area contributed by atoms with Crippen molar-refractivity contribution in [2.45, 2.75) is 5.06 Å². The van der Waals surface area contributed by atoms with E-state index in [9.17, 15) is 5.11 Å². The minimum absolute atomic E-state index is 0.566. The third-order valence-electron chi connectivity index (χ3n) is 1.32. The molecular weight excluding hydrogens is 183 g/mol. The van der Waals surface area contributed by atoms with Gasteiger partial charge < -0.3 is 5.11 Å². The van der Waals surface area contributed by atoms with Gasteiger partial charge in [-0.2, -0.15) is 0 Å². The Morgan fingerprint density at radius 2 is 1.82 bits per heavy atom. The maximum atomic E-state index is 9.37. The van der Waals surface area contributed by atoms with E-state index in [0.29, 0.717) is 5.56 Å². The molecule has 0 saturated carbocycles. The Labute approximate surface area is 75.6 Å². The van der Waals surface area contributed by atoms with Crippen molar-refractivity contribution in [2.24, 2.45) is 0 Å². The molecule has 0 heterocycles. The van der Waals surface area contributed by atoms with Crippen molar-refractivity contribution in [2.75, 3.05) is 0 Å². The Balaban J connectivity index is 2.93. The fourth-order valence-electron chi connectivity index (χ4n) is 0.735. The summed E-state index contributed by atoms with van der Waals surface area (Å²) in [6, 6.07) is 8.80. The predicted molar refractivity (Wildman–Crippen MR) is 46.3 cm³/mol. The molecule has 1 radical (unpaired) electrons. The lowest BCUT2D eigenvalue weighted by atomic mass is 10.1. The second-order valence-electron chi connectivity index (χ2n) is 2.15. The highest BCUT2D eigenvalue weighted by molar-refractivity contribution is 6.33. The van der Waals surface area contributed by atoms with Crippen LogP contribution < -0.4 is 0 Å². The smallest absolute Gasteiger partial charge is 0.182 e. The molecule has 1 nitrogen and oxygen atoms in total. The minimum Gasteiger partial charge on any atom is -0.370 e. The number of aliphatic hydroxyl groups is 1. The molecule has 1 atom stereocenters. The molecule has 0 aliphatic rings. The number of hydrogen-bond acceptors (Lipinski definition) is 1. The molecule has 3 heteroatoms. The van der Waals surface area contributed by atoms with Crippen LogP contribution in [0.5, 0.6) is 0 Å². The van der Waals surface area contributed by atoms with E-state index >= 15 is 0 Å². The first-order valence-corrected chi connectivity index (χ1v) is 3.89. The fraction of sp³-hybridized carbons (Fsp3) is 0.125. The second-order valence-corrected chi connectivity index (χ2v) is 2.94. The number of benzene rings is 1. The molecule has 0 aliphatic heterocycles. The molecule has 1 unspecified atom stereocenters. The molecule has 0 spiro atoms. The topological polar surface area (TPSA) is 20.2 Å². The predicted octanol–water partition coefficient (Wildman–Crippen LogP) is 2.47. The Morgan fingerprint density at radius 3 is 2.27 bits per heavy atom. The van der Waals surface area contributed by atoms with Crippen molar-refractivity contribution in [3.63, 3.8) is 0 Å². The van der Waals surface area contributed by atoms with E-state index < -0.39 is 5.06 Å². The first-order valence-electron chi connectivity index (χ1n) is 3.08. The van der Waals surface area contributed by atoms with Gasteiger partial charge in [0, 0.05) is 5.56 Å². The Hall–Kier alpha value is -0.240. The molecule has 1 rings (SSSR count). The molecule has 0 bridgehead atoms. The van der Waals surface area contributed by atoms with E-state index in [4.69, 9.17) is 23.2 Å². The van der Waals surface area contributed by atoms with Gasteiger partial charge in [0.25, 0.3) is 0 Å². The highest BCUT2D eigenvalue weighted by atomic mass is 35.5. The molecule has 0 fully saturated rings. The molecule has 0 amide bonds. The van der Waals surface area contributed by atoms with Gasteiger partial charge in [-0.05, 0) is 0 Å². The molecule has 1 aromatic carbocycles. The van der Waals surface area contributed by atoms with Crippen molar-refractivity contribution in [3.8, 4) is 0 Å². The normalized spacial score (nSPS) is 15.9. The zero-order valence-corrected chi connectivity index (χ0v) is 7.18. The maximum Gasteiger partial charge on any atom is 0.182 e. The molecule has 0 aliphatic carbocycles. The molecule has 11 heavy (non-hydrogen) atoms. The van der Waals surface area contributed by atoms with E-state index in [0.717, 1.165) is 5.88 Å². The lowest BCUT2D eigenvalue weighted by Gasteiger charge is -2.16. The summed E-state index contributed by atoms with van der Waals surface area (Å²) in [6.45, 7) is 0. The maximum absolute atomic E-state index is 9.37. The monoisotopic (exact) mass is 189 g/mol. The van der Waals surface area contributed by atoms with Gasteiger partial charge in [-0.1, -0.05) is 41.9 Å². The van der Waals surface area contributed by atoms with Crippen LogP contribution in [0.15, 0.2) is 30.3 Å². The Morgan fingerprint density at radius 1 is 1.27 bits per heavy atom. The van der Waals surface area contributed by atoms with Gasteiger partial charge in [0.05, 0.1) is 0 Å². The lowest BCUT2D eigenvalue weighted by molar-refractivity contribution is 0.173. The quantitative estimate of drug-likeness (QED) is 0.710. The summed E-state index contributed by atoms with van der Waals surface area (Å²) in [5.41, 5.74) is 0.566. The van der Waals surface area contributed by atoms with Crippen molar-refractivity contribution in [1.82, 2.24) is 0 Å². The largest absolute Gasteiger partial charge is 0.370 e. The van der Waals surface area contributed by atoms with Gasteiger partial charge in [0.1, 0.15) is 5.88 Å². The van der Waals surface area contributed by atoms with Gasteiger partial charge in [0.15, 0.2) is 5.06 Å². The average molecular weight is 190 g/mol. The fourth-order valence-corrected chi connectivity index (χ4v) is 0.987. The van der Waals surface area contributed by atoms with E-state index in [1.54, 1.807) is 24.3 Å². The van der Waals surface area contributed by atoms with Crippen LogP contribution in [0, 0.1) is 5.88 Å². The van der Waals surface area contributed by atoms with Crippen LogP contribution in [0.4, 0.5) is 0 Å². The van der Waals surface area contributed by atoms with E-state index in [2.05, 4.69) is 0 Å². The van der Waals surface area contributed by atoms with Crippen molar-refractivity contribution in [3.05, 3.63) is 41.8 Å². The third kappa shape index (κ3) is 2.09. The van der Waals surface area contributed by atoms with E-state index in [1.165, 1.54) is 0 Å². The minimum atomic E-state index is -1.55. The molecular formula is C8H7Cl2O. The van der Waals surface area contributed by atoms with Gasteiger partial charge >= 0.3 is 0 Å². The Kier molecular flexibility index (Phi) is 2.77. The van der Waals surface area contributed by atoms with Crippen LogP contribution in [-0.4, -0.2) is 5.11 Å². The lowest BCUT2D eigenvalue weighted by Crippen LogP contribution is -2.15. The van der Waals surface area contributed by atoms with Crippen LogP contribution in [-0.2, 0) is 5.06 Å². The molecule has 1 aromatic rings. The second kappa shape index (κ2) is 3.44. The first-order chi connectivity index (χ1) is 5.17. The van der Waals surface area contributed by atoms with Crippen molar-refractivity contribution >= 4 is 23.2 Å². The highest BCUT2D eigenvalue weighted by Crippen LogP contribution is 2.29. The van der Waals surface area contributed by atoms with Gasteiger partial charge in [-0.3, -0.25) is 0 Å². The van der Waals surface area contributed by atoms with Gasteiger partial charge in [-0.15, -0.1) is 11.6 Å². The summed E-state index contributed by atoms with van der Waals surface area (Å²) in [7, 11) is 0. The highest BCUT2D eigenvalue weighted by Gasteiger charge is 2.24. The summed E-state index contributed by atoms with van der Waals surface area (Å²) in [5, 5.41) is 7.82. The SMILES string of the molecule is OC(Cl)([CH]Cl)c1ccccc1. The van der Waals surface area contributed by atoms with E-state index in [-0.39, 0.29) is 0 Å². The molecule has 0 saturated heterocycles. The van der Waals surface area contributed by atoms with Crippen LogP contribution in [0.25, 0.3) is 0 Å². The van der Waals surface area contributed by atoms with Crippen LogP contribution in [0.1, 0.15) is 5.56 Å². The summed E-state index contributed by atoms with van der Waals surface area (Å²) in [5.74, 6) is 1.02. The van der Waals surface area contributed by atoms with Crippen molar-refractivity contribution in [1.29, 1.82) is 0 Å². The summed E-state index contributed by atoms with van der Waals surface area (Å²) in [4.78, 5) is 0. The average Bonchev–Trinajstić information content (AvgIpc) is 2.06. The van der Waals surface area contributed by atoms with E-state index in [1.807, 2.05) is 6.07 Å². The first kappa shape index (κ1) is 8.85. The van der Waals surface area contributed by atoms with Gasteiger partial charge in [-0.25, -0.2) is 0 Å². The van der Waals surface area contributed by atoms with Crippen LogP contribution in [0.3, 0.4) is 0 Å². The number of halogens is 2. The zero-order valence-electron chi connectivity index (χ0n) is 5.67. The number of alkyl halides is 1. The van der Waals surface area contributed by atoms with Crippen molar-refractivity contribution < 1.29 is 5.11 Å². The van der Waals surface area contributed by atoms with Crippen LogP contribution >= 0.6 is 23.2 Å². The third-order valence-corrected chi connectivity index (χ3v) is 2.08. The standard InChI is InChI=1S/C8H7Cl2O/c9-6-8(10,11)7-4-2-1-3-5-7/h1-6,11H. The van der Waals surface area contributed by atoms with Crippen LogP contribution in [0.2, 0.25) is 0 Å². The summed E-state index contributed by atoms with van der Waals surface area (Å²) < 4.78 is 0. The molecule has 0 aromatic heterocycles. The number of hydrogen-bond donors (Lipinski definition) is 1.